The lowest BCUT2D eigenvalue weighted by atomic mass is 10.2. The SMILES string of the molecule is O=C(Nc1cnc2ccccc2c1)c1csc(-c2ccsc2)n1. The average Bonchev–Trinajstić information content (AvgIpc) is 3.26. The fourth-order valence-corrected chi connectivity index (χ4v) is 3.74. The number of thiazole rings is 1. The van der Waals surface area contributed by atoms with Crippen LogP contribution >= 0.6 is 22.7 Å². The molecular weight excluding hydrogens is 326 g/mol. The lowest BCUT2D eigenvalue weighted by molar-refractivity contribution is 0.102. The van der Waals surface area contributed by atoms with Crippen LogP contribution in [-0.2, 0) is 0 Å². The number of para-hydroxylation sites is 1. The Balaban J connectivity index is 1.57. The molecule has 0 radical (unpaired) electrons. The molecule has 0 aliphatic heterocycles. The highest BCUT2D eigenvalue weighted by Gasteiger charge is 2.12. The number of benzene rings is 1. The molecule has 3 heterocycles. The van der Waals surface area contributed by atoms with E-state index in [1.165, 1.54) is 11.3 Å². The summed E-state index contributed by atoms with van der Waals surface area (Å²) < 4.78 is 0. The van der Waals surface area contributed by atoms with Crippen molar-refractivity contribution in [2.45, 2.75) is 0 Å². The fraction of sp³-hybridized carbons (Fsp3) is 0. The van der Waals surface area contributed by atoms with Crippen molar-refractivity contribution in [2.75, 3.05) is 5.32 Å². The summed E-state index contributed by atoms with van der Waals surface area (Å²) in [5.74, 6) is -0.222. The van der Waals surface area contributed by atoms with Crippen LogP contribution in [0.1, 0.15) is 10.5 Å². The fourth-order valence-electron chi connectivity index (χ4n) is 2.23. The molecule has 4 rings (SSSR count). The Bertz CT molecular complexity index is 976. The van der Waals surface area contributed by atoms with Gasteiger partial charge >= 0.3 is 0 Å². The van der Waals surface area contributed by atoms with Crippen molar-refractivity contribution in [3.63, 3.8) is 0 Å². The minimum atomic E-state index is -0.222. The molecule has 3 aromatic heterocycles. The second-order valence-corrected chi connectivity index (χ2v) is 6.56. The topological polar surface area (TPSA) is 54.9 Å². The van der Waals surface area contributed by atoms with E-state index in [1.807, 2.05) is 47.2 Å². The van der Waals surface area contributed by atoms with Crippen molar-refractivity contribution in [3.05, 3.63) is 64.4 Å². The van der Waals surface area contributed by atoms with E-state index in [-0.39, 0.29) is 5.91 Å². The van der Waals surface area contributed by atoms with E-state index in [0.717, 1.165) is 21.5 Å². The van der Waals surface area contributed by atoms with Gasteiger partial charge in [0.1, 0.15) is 10.7 Å². The quantitative estimate of drug-likeness (QED) is 0.591. The Hall–Kier alpha value is -2.57. The van der Waals surface area contributed by atoms with Crippen LogP contribution in [-0.4, -0.2) is 15.9 Å². The van der Waals surface area contributed by atoms with E-state index in [0.29, 0.717) is 11.4 Å². The molecule has 0 saturated carbocycles. The third kappa shape index (κ3) is 2.86. The molecule has 1 amide bonds. The third-order valence-electron chi connectivity index (χ3n) is 3.35. The van der Waals surface area contributed by atoms with Gasteiger partial charge < -0.3 is 5.32 Å². The first kappa shape index (κ1) is 14.0. The molecule has 1 N–H and O–H groups in total. The van der Waals surface area contributed by atoms with E-state index in [9.17, 15) is 4.79 Å². The summed E-state index contributed by atoms with van der Waals surface area (Å²) in [5, 5.41) is 10.5. The van der Waals surface area contributed by atoms with Gasteiger partial charge in [-0.2, -0.15) is 11.3 Å². The van der Waals surface area contributed by atoms with Crippen molar-refractivity contribution in [2.24, 2.45) is 0 Å². The highest BCUT2D eigenvalue weighted by Crippen LogP contribution is 2.26. The number of nitrogens with zero attached hydrogens (tertiary/aromatic N) is 2. The van der Waals surface area contributed by atoms with Crippen molar-refractivity contribution in [1.29, 1.82) is 0 Å². The third-order valence-corrected chi connectivity index (χ3v) is 4.93. The molecule has 0 saturated heterocycles. The van der Waals surface area contributed by atoms with E-state index >= 15 is 0 Å². The van der Waals surface area contributed by atoms with Crippen LogP contribution in [0, 0.1) is 0 Å². The molecule has 1 aromatic carbocycles. The highest BCUT2D eigenvalue weighted by atomic mass is 32.1. The molecule has 6 heteroatoms. The Morgan fingerprint density at radius 3 is 2.91 bits per heavy atom. The minimum absolute atomic E-state index is 0.222. The predicted molar refractivity (Wildman–Crippen MR) is 95.1 cm³/mol. The Labute approximate surface area is 140 Å². The zero-order chi connectivity index (χ0) is 15.6. The summed E-state index contributed by atoms with van der Waals surface area (Å²) >= 11 is 3.08. The predicted octanol–water partition coefficient (Wildman–Crippen LogP) is 4.67. The number of fused-ring (bicyclic) bond motifs is 1. The highest BCUT2D eigenvalue weighted by molar-refractivity contribution is 7.14. The minimum Gasteiger partial charge on any atom is -0.319 e. The standard InChI is InChI=1S/C17H11N3OS2/c21-16(15-10-23-17(20-15)12-5-6-22-9-12)19-13-7-11-3-1-2-4-14(11)18-8-13/h1-10H,(H,19,21). The van der Waals surface area contributed by atoms with Crippen molar-refractivity contribution < 1.29 is 4.79 Å². The van der Waals surface area contributed by atoms with Crippen LogP contribution in [0.2, 0.25) is 0 Å². The van der Waals surface area contributed by atoms with Crippen LogP contribution in [0.3, 0.4) is 0 Å². The smallest absolute Gasteiger partial charge is 0.275 e. The molecule has 0 aliphatic carbocycles. The monoisotopic (exact) mass is 337 g/mol. The molecule has 0 spiro atoms. The second-order valence-electron chi connectivity index (χ2n) is 4.92. The van der Waals surface area contributed by atoms with Crippen molar-refractivity contribution in [3.8, 4) is 10.6 Å². The number of aromatic nitrogens is 2. The van der Waals surface area contributed by atoms with Crippen LogP contribution in [0.25, 0.3) is 21.5 Å². The molecule has 0 fully saturated rings. The van der Waals surface area contributed by atoms with Gasteiger partial charge in [-0.15, -0.1) is 11.3 Å². The van der Waals surface area contributed by atoms with Gasteiger partial charge in [0.2, 0.25) is 0 Å². The first-order valence-corrected chi connectivity index (χ1v) is 8.76. The molecule has 23 heavy (non-hydrogen) atoms. The number of hydrogen-bond donors (Lipinski definition) is 1. The van der Waals surface area contributed by atoms with Gasteiger partial charge in [0.25, 0.3) is 5.91 Å². The van der Waals surface area contributed by atoms with E-state index in [1.54, 1.807) is 22.9 Å². The van der Waals surface area contributed by atoms with Crippen LogP contribution in [0.15, 0.2) is 58.7 Å². The normalized spacial score (nSPS) is 10.8. The summed E-state index contributed by atoms with van der Waals surface area (Å²) in [6.07, 6.45) is 1.66. The number of carbonyl (C=O) groups excluding carboxylic acids is 1. The molecule has 0 unspecified atom stereocenters. The number of carbonyl (C=O) groups is 1. The number of rotatable bonds is 3. The summed E-state index contributed by atoms with van der Waals surface area (Å²) in [4.78, 5) is 21.1. The maximum atomic E-state index is 12.3. The maximum Gasteiger partial charge on any atom is 0.275 e. The van der Waals surface area contributed by atoms with Gasteiger partial charge in [0.15, 0.2) is 0 Å². The van der Waals surface area contributed by atoms with E-state index in [4.69, 9.17) is 0 Å². The molecule has 4 aromatic rings. The van der Waals surface area contributed by atoms with Gasteiger partial charge in [-0.25, -0.2) is 4.98 Å². The Morgan fingerprint density at radius 2 is 2.04 bits per heavy atom. The number of pyridine rings is 1. The lowest BCUT2D eigenvalue weighted by Gasteiger charge is -2.04. The van der Waals surface area contributed by atoms with E-state index < -0.39 is 0 Å². The van der Waals surface area contributed by atoms with Gasteiger partial charge in [-0.1, -0.05) is 18.2 Å². The van der Waals surface area contributed by atoms with Gasteiger partial charge in [0.05, 0.1) is 17.4 Å². The molecule has 0 aliphatic rings. The molecular formula is C17H11N3OS2. The summed E-state index contributed by atoms with van der Waals surface area (Å²) in [6, 6.07) is 11.7. The lowest BCUT2D eigenvalue weighted by Crippen LogP contribution is -2.12. The summed E-state index contributed by atoms with van der Waals surface area (Å²) in [5.41, 5.74) is 3.04. The Kier molecular flexibility index (Phi) is 3.61. The Morgan fingerprint density at radius 1 is 1.13 bits per heavy atom. The number of hydrogen-bond acceptors (Lipinski definition) is 5. The largest absolute Gasteiger partial charge is 0.319 e. The van der Waals surface area contributed by atoms with Crippen LogP contribution < -0.4 is 5.32 Å². The second kappa shape index (κ2) is 5.91. The first-order valence-electron chi connectivity index (χ1n) is 6.94. The number of anilines is 1. The zero-order valence-corrected chi connectivity index (χ0v) is 13.5. The van der Waals surface area contributed by atoms with Gasteiger partial charge in [-0.3, -0.25) is 9.78 Å². The molecule has 4 nitrogen and oxygen atoms in total. The molecule has 0 bridgehead atoms. The first-order chi connectivity index (χ1) is 11.3. The average molecular weight is 337 g/mol. The van der Waals surface area contributed by atoms with Crippen molar-refractivity contribution in [1.82, 2.24) is 9.97 Å². The van der Waals surface area contributed by atoms with Crippen molar-refractivity contribution >= 4 is 45.2 Å². The number of thiophene rings is 1. The van der Waals surface area contributed by atoms with Gasteiger partial charge in [0, 0.05) is 21.7 Å². The molecule has 112 valence electrons. The number of nitrogens with one attached hydrogen (secondary N) is 1. The zero-order valence-electron chi connectivity index (χ0n) is 11.9. The number of amides is 1. The summed E-state index contributed by atoms with van der Waals surface area (Å²) in [6.45, 7) is 0. The molecule has 0 atom stereocenters. The van der Waals surface area contributed by atoms with E-state index in [2.05, 4.69) is 15.3 Å². The van der Waals surface area contributed by atoms with Crippen LogP contribution in [0.5, 0.6) is 0 Å². The summed E-state index contributed by atoms with van der Waals surface area (Å²) in [7, 11) is 0. The van der Waals surface area contributed by atoms with Crippen LogP contribution in [0.4, 0.5) is 5.69 Å². The maximum absolute atomic E-state index is 12.3. The van der Waals surface area contributed by atoms with Gasteiger partial charge in [-0.05, 0) is 23.6 Å².